The first-order valence-electron chi connectivity index (χ1n) is 10.8. The monoisotopic (exact) mass is 499 g/mol. The normalized spacial score (nSPS) is 13.3. The second-order valence-corrected chi connectivity index (χ2v) is 10.5. The highest BCUT2D eigenvalue weighted by molar-refractivity contribution is 7.89. The minimum Gasteiger partial charge on any atom is -0.465 e. The van der Waals surface area contributed by atoms with Crippen LogP contribution in [0.5, 0.6) is 0 Å². The number of likely N-dealkylation sites (N-methyl/N-ethyl adjacent to an activating group) is 1. The van der Waals surface area contributed by atoms with Gasteiger partial charge < -0.3 is 26.0 Å². The van der Waals surface area contributed by atoms with Crippen molar-refractivity contribution in [3.8, 4) is 6.07 Å². The predicted octanol–water partition coefficient (Wildman–Crippen LogP) is 1.56. The van der Waals surface area contributed by atoms with E-state index >= 15 is 0 Å². The second-order valence-electron chi connectivity index (χ2n) is 8.39. The molecule has 0 aliphatic heterocycles. The fourth-order valence-corrected chi connectivity index (χ4v) is 4.31. The lowest BCUT2D eigenvalue weighted by Gasteiger charge is -2.23. The summed E-state index contributed by atoms with van der Waals surface area (Å²) in [5.74, 6) is 0.857. The number of amides is 1. The summed E-state index contributed by atoms with van der Waals surface area (Å²) in [4.78, 5) is 25.6. The summed E-state index contributed by atoms with van der Waals surface area (Å²) >= 11 is 0. The van der Waals surface area contributed by atoms with E-state index in [0.717, 1.165) is 19.1 Å². The fourth-order valence-electron chi connectivity index (χ4n) is 3.51. The molecule has 0 bridgehead atoms. The summed E-state index contributed by atoms with van der Waals surface area (Å²) in [6.45, 7) is 0.538. The maximum Gasteiger partial charge on any atom is 0.404 e. The van der Waals surface area contributed by atoms with Crippen molar-refractivity contribution in [1.29, 1.82) is 5.26 Å². The van der Waals surface area contributed by atoms with Gasteiger partial charge in [0.1, 0.15) is 6.07 Å². The summed E-state index contributed by atoms with van der Waals surface area (Å²) in [6, 6.07) is 7.53. The molecule has 4 N–H and O–H groups in total. The van der Waals surface area contributed by atoms with Crippen molar-refractivity contribution in [3.05, 3.63) is 35.7 Å². The van der Waals surface area contributed by atoms with Gasteiger partial charge in [0.15, 0.2) is 15.5 Å². The molecule has 1 aromatic carbocycles. The number of nitrogens with zero attached hydrogens (tertiary/aromatic N) is 6. The molecular formula is C21H25N9O4S. The van der Waals surface area contributed by atoms with Gasteiger partial charge in [-0.2, -0.15) is 20.2 Å². The Kier molecular flexibility index (Phi) is 6.61. The molecule has 0 unspecified atom stereocenters. The van der Waals surface area contributed by atoms with Gasteiger partial charge in [0.25, 0.3) is 0 Å². The van der Waals surface area contributed by atoms with E-state index in [4.69, 9.17) is 5.11 Å². The van der Waals surface area contributed by atoms with Gasteiger partial charge in [-0.15, -0.1) is 0 Å². The number of anilines is 4. The number of hydrogen-bond acceptors (Lipinski definition) is 10. The van der Waals surface area contributed by atoms with E-state index in [1.165, 1.54) is 0 Å². The third-order valence-electron chi connectivity index (χ3n) is 5.25. The Morgan fingerprint density at radius 3 is 2.74 bits per heavy atom. The summed E-state index contributed by atoms with van der Waals surface area (Å²) in [6.07, 6.45) is 3.65. The maximum absolute atomic E-state index is 12.1. The molecule has 1 aliphatic carbocycles. The van der Waals surface area contributed by atoms with Gasteiger partial charge in [0.2, 0.25) is 17.7 Å². The zero-order chi connectivity index (χ0) is 25.2. The van der Waals surface area contributed by atoms with Crippen LogP contribution in [0.15, 0.2) is 24.4 Å². The van der Waals surface area contributed by atoms with Crippen molar-refractivity contribution in [2.45, 2.75) is 24.6 Å². The third kappa shape index (κ3) is 6.27. The number of sulfone groups is 1. The molecule has 1 saturated carbocycles. The van der Waals surface area contributed by atoms with Gasteiger partial charge >= 0.3 is 6.09 Å². The first-order chi connectivity index (χ1) is 16.6. The number of fused-ring (bicyclic) bond motifs is 1. The summed E-state index contributed by atoms with van der Waals surface area (Å²) < 4.78 is 25.8. The Hall–Kier alpha value is -4.12. The predicted molar refractivity (Wildman–Crippen MR) is 130 cm³/mol. The van der Waals surface area contributed by atoms with E-state index in [0.29, 0.717) is 41.3 Å². The van der Waals surface area contributed by atoms with Crippen LogP contribution in [-0.2, 0) is 15.6 Å². The van der Waals surface area contributed by atoms with E-state index < -0.39 is 15.9 Å². The molecule has 35 heavy (non-hydrogen) atoms. The molecule has 184 valence electrons. The van der Waals surface area contributed by atoms with Crippen LogP contribution in [0.25, 0.3) is 5.78 Å². The van der Waals surface area contributed by atoms with Gasteiger partial charge in [-0.3, -0.25) is 4.40 Å². The van der Waals surface area contributed by atoms with Gasteiger partial charge in [0.05, 0.1) is 11.9 Å². The van der Waals surface area contributed by atoms with Crippen LogP contribution in [-0.4, -0.2) is 71.4 Å². The van der Waals surface area contributed by atoms with Crippen molar-refractivity contribution in [2.24, 2.45) is 0 Å². The van der Waals surface area contributed by atoms with E-state index in [-0.39, 0.29) is 23.9 Å². The van der Waals surface area contributed by atoms with E-state index in [2.05, 4.69) is 30.9 Å². The number of aromatic nitrogens is 4. The molecule has 0 atom stereocenters. The zero-order valence-electron chi connectivity index (χ0n) is 19.2. The van der Waals surface area contributed by atoms with Crippen molar-refractivity contribution in [1.82, 2.24) is 24.7 Å². The smallest absolute Gasteiger partial charge is 0.404 e. The quantitative estimate of drug-likeness (QED) is 0.318. The number of hydrogen-bond donors (Lipinski definition) is 4. The molecule has 1 fully saturated rings. The van der Waals surface area contributed by atoms with E-state index in [9.17, 15) is 18.5 Å². The maximum atomic E-state index is 12.1. The van der Waals surface area contributed by atoms with Crippen LogP contribution in [0.3, 0.4) is 0 Å². The Labute approximate surface area is 201 Å². The third-order valence-corrected chi connectivity index (χ3v) is 6.08. The highest BCUT2D eigenvalue weighted by Crippen LogP contribution is 2.28. The van der Waals surface area contributed by atoms with Crippen molar-refractivity contribution < 1.29 is 18.3 Å². The number of imidazole rings is 1. The zero-order valence-corrected chi connectivity index (χ0v) is 20.0. The lowest BCUT2D eigenvalue weighted by Crippen LogP contribution is -2.32. The Morgan fingerprint density at radius 1 is 1.31 bits per heavy atom. The van der Waals surface area contributed by atoms with E-state index in [1.54, 1.807) is 40.7 Å². The lowest BCUT2D eigenvalue weighted by atomic mass is 10.1. The number of rotatable bonds is 10. The van der Waals surface area contributed by atoms with Gasteiger partial charge in [0, 0.05) is 43.8 Å². The average Bonchev–Trinajstić information content (AvgIpc) is 3.48. The average molecular weight is 500 g/mol. The summed E-state index contributed by atoms with van der Waals surface area (Å²) in [5.41, 5.74) is 1.99. The Balaban J connectivity index is 1.63. The molecule has 1 amide bonds. The standard InChI is InChI=1S/C21H25N9O4S/c1-29(8-7-23-21(31)32)17-6-5-15(9-13(17)12-35(2,33)34)24-18-27-19(25-14-3-4-14)30-11-16(10-22)26-20(30)28-18/h5-6,9,11,14,23H,3-4,7-8,12H2,1-2H3,(H,31,32)(H2,24,25,26,27,28). The van der Waals surface area contributed by atoms with Crippen LogP contribution in [0, 0.1) is 11.3 Å². The number of benzene rings is 1. The first-order valence-corrected chi connectivity index (χ1v) is 12.9. The van der Waals surface area contributed by atoms with Gasteiger partial charge in [-0.25, -0.2) is 13.2 Å². The molecule has 13 nitrogen and oxygen atoms in total. The molecular weight excluding hydrogens is 474 g/mol. The minimum atomic E-state index is -3.35. The first kappa shape index (κ1) is 24.0. The molecule has 1 aliphatic rings. The SMILES string of the molecule is CN(CCNC(=O)O)c1ccc(Nc2nc(NC3CC3)n3cc(C#N)nc3n2)cc1CS(C)(=O)=O. The number of carbonyl (C=O) groups is 1. The van der Waals surface area contributed by atoms with Crippen molar-refractivity contribution in [3.63, 3.8) is 0 Å². The molecule has 3 aromatic rings. The van der Waals surface area contributed by atoms with Crippen LogP contribution in [0.2, 0.25) is 0 Å². The number of carboxylic acid groups (broad SMARTS) is 1. The molecule has 0 spiro atoms. The van der Waals surface area contributed by atoms with Crippen LogP contribution < -0.4 is 20.9 Å². The molecule has 2 heterocycles. The van der Waals surface area contributed by atoms with Crippen LogP contribution in [0.4, 0.5) is 28.1 Å². The minimum absolute atomic E-state index is 0.184. The number of nitriles is 1. The second kappa shape index (κ2) is 9.63. The topological polar surface area (TPSA) is 178 Å². The van der Waals surface area contributed by atoms with E-state index in [1.807, 2.05) is 6.07 Å². The summed E-state index contributed by atoms with van der Waals surface area (Å²) in [7, 11) is -1.59. The Bertz CT molecular complexity index is 1410. The molecule has 0 radical (unpaired) electrons. The Morgan fingerprint density at radius 2 is 2.09 bits per heavy atom. The van der Waals surface area contributed by atoms with Crippen molar-refractivity contribution in [2.75, 3.05) is 41.9 Å². The van der Waals surface area contributed by atoms with Crippen molar-refractivity contribution >= 4 is 45.0 Å². The van der Waals surface area contributed by atoms with Crippen LogP contribution >= 0.6 is 0 Å². The highest BCUT2D eigenvalue weighted by atomic mass is 32.2. The number of nitrogens with one attached hydrogen (secondary N) is 3. The molecule has 2 aromatic heterocycles. The van der Waals surface area contributed by atoms with Gasteiger partial charge in [-0.05, 0) is 36.6 Å². The lowest BCUT2D eigenvalue weighted by molar-refractivity contribution is 0.195. The largest absolute Gasteiger partial charge is 0.465 e. The summed E-state index contributed by atoms with van der Waals surface area (Å²) in [5, 5.41) is 26.7. The molecule has 14 heteroatoms. The fraction of sp³-hybridized carbons (Fsp3) is 0.381. The van der Waals surface area contributed by atoms with Gasteiger partial charge in [-0.1, -0.05) is 0 Å². The van der Waals surface area contributed by atoms with Crippen LogP contribution in [0.1, 0.15) is 24.1 Å². The highest BCUT2D eigenvalue weighted by Gasteiger charge is 2.24. The molecule has 4 rings (SSSR count). The molecule has 0 saturated heterocycles.